The van der Waals surface area contributed by atoms with Crippen LogP contribution in [0.25, 0.3) is 11.4 Å². The van der Waals surface area contributed by atoms with E-state index in [1.54, 1.807) is 18.9 Å². The summed E-state index contributed by atoms with van der Waals surface area (Å²) in [6, 6.07) is 16.4. The maximum atomic E-state index is 5.55. The van der Waals surface area contributed by atoms with Gasteiger partial charge in [0.1, 0.15) is 5.75 Å². The Hall–Kier alpha value is -3.33. The van der Waals surface area contributed by atoms with Gasteiger partial charge < -0.3 is 19.1 Å². The Morgan fingerprint density at radius 3 is 2.77 bits per heavy atom. The summed E-state index contributed by atoms with van der Waals surface area (Å²) < 4.78 is 13.2. The first-order valence-electron chi connectivity index (χ1n) is 12.0. The van der Waals surface area contributed by atoms with E-state index in [0.29, 0.717) is 30.1 Å². The fraction of sp³-hybridized carbons (Fsp3) is 0.385. The topological polar surface area (TPSA) is 90.9 Å². The Bertz CT molecular complexity index is 1260. The van der Waals surface area contributed by atoms with E-state index in [0.717, 1.165) is 46.4 Å². The number of aromatic nitrogens is 5. The third kappa shape index (κ3) is 5.51. The number of nitrogens with one attached hydrogen (secondary N) is 1. The highest BCUT2D eigenvalue weighted by molar-refractivity contribution is 7.98. The normalized spacial score (nSPS) is 14.2. The molecule has 0 spiro atoms. The van der Waals surface area contributed by atoms with Gasteiger partial charge in [-0.05, 0) is 37.5 Å². The molecule has 8 nitrogen and oxygen atoms in total. The molecule has 2 heterocycles. The summed E-state index contributed by atoms with van der Waals surface area (Å²) in [5.74, 6) is 3.52. The SMILES string of the molecule is COc1cccc(NCc2nnc(SCc3nc(-c4ccccc4C)no3)n2C2CCCCC2)c1. The summed E-state index contributed by atoms with van der Waals surface area (Å²) >= 11 is 1.60. The number of aryl methyl sites for hydroxylation is 1. The van der Waals surface area contributed by atoms with Crippen LogP contribution >= 0.6 is 11.8 Å². The molecular formula is C26H30N6O2S. The number of hydrogen-bond donors (Lipinski definition) is 1. The van der Waals surface area contributed by atoms with Crippen molar-refractivity contribution >= 4 is 17.4 Å². The minimum atomic E-state index is 0.411. The first-order valence-corrected chi connectivity index (χ1v) is 13.0. The van der Waals surface area contributed by atoms with Crippen molar-refractivity contribution in [3.63, 3.8) is 0 Å². The molecule has 2 aromatic heterocycles. The molecule has 1 saturated carbocycles. The van der Waals surface area contributed by atoms with Gasteiger partial charge >= 0.3 is 0 Å². The first-order chi connectivity index (χ1) is 17.2. The van der Waals surface area contributed by atoms with E-state index in [-0.39, 0.29) is 0 Å². The Morgan fingerprint density at radius 1 is 1.09 bits per heavy atom. The molecule has 4 aromatic rings. The number of nitrogens with zero attached hydrogens (tertiary/aromatic N) is 5. The highest BCUT2D eigenvalue weighted by atomic mass is 32.2. The van der Waals surface area contributed by atoms with Crippen molar-refractivity contribution in [3.05, 3.63) is 65.8 Å². The van der Waals surface area contributed by atoms with Crippen LogP contribution in [0.1, 0.15) is 55.4 Å². The smallest absolute Gasteiger partial charge is 0.237 e. The van der Waals surface area contributed by atoms with E-state index >= 15 is 0 Å². The highest BCUT2D eigenvalue weighted by Crippen LogP contribution is 2.34. The Morgan fingerprint density at radius 2 is 1.94 bits per heavy atom. The van der Waals surface area contributed by atoms with Gasteiger partial charge in [0.15, 0.2) is 11.0 Å². The number of benzene rings is 2. The molecule has 182 valence electrons. The largest absolute Gasteiger partial charge is 0.497 e. The van der Waals surface area contributed by atoms with E-state index in [4.69, 9.17) is 9.26 Å². The number of methoxy groups -OCH3 is 1. The average molecular weight is 491 g/mol. The molecule has 0 bridgehead atoms. The maximum absolute atomic E-state index is 5.55. The van der Waals surface area contributed by atoms with Crippen LogP contribution in [-0.2, 0) is 12.3 Å². The van der Waals surface area contributed by atoms with Gasteiger partial charge in [-0.15, -0.1) is 10.2 Å². The van der Waals surface area contributed by atoms with Crippen molar-refractivity contribution in [2.45, 2.75) is 62.5 Å². The van der Waals surface area contributed by atoms with Crippen molar-refractivity contribution in [1.29, 1.82) is 0 Å². The first kappa shape index (κ1) is 23.4. The Kier molecular flexibility index (Phi) is 7.32. The van der Waals surface area contributed by atoms with E-state index in [9.17, 15) is 0 Å². The van der Waals surface area contributed by atoms with Crippen molar-refractivity contribution in [2.24, 2.45) is 0 Å². The minimum Gasteiger partial charge on any atom is -0.497 e. The molecule has 0 saturated heterocycles. The van der Waals surface area contributed by atoms with Gasteiger partial charge in [-0.2, -0.15) is 4.98 Å². The van der Waals surface area contributed by atoms with Crippen LogP contribution in [0.3, 0.4) is 0 Å². The van der Waals surface area contributed by atoms with Gasteiger partial charge in [0.25, 0.3) is 0 Å². The van der Waals surface area contributed by atoms with Crippen LogP contribution in [0.15, 0.2) is 58.2 Å². The quantitative estimate of drug-likeness (QED) is 0.283. The zero-order chi connectivity index (χ0) is 24.0. The number of thioether (sulfide) groups is 1. The molecule has 0 amide bonds. The van der Waals surface area contributed by atoms with E-state index in [2.05, 4.69) is 30.2 Å². The minimum absolute atomic E-state index is 0.411. The van der Waals surface area contributed by atoms with Gasteiger partial charge in [-0.25, -0.2) is 0 Å². The summed E-state index contributed by atoms with van der Waals surface area (Å²) in [6.07, 6.45) is 6.06. The lowest BCUT2D eigenvalue weighted by atomic mass is 9.95. The number of rotatable bonds is 9. The molecule has 2 aromatic carbocycles. The van der Waals surface area contributed by atoms with Crippen LogP contribution in [0, 0.1) is 6.92 Å². The fourth-order valence-corrected chi connectivity index (χ4v) is 5.38. The molecule has 0 radical (unpaired) electrons. The number of anilines is 1. The average Bonchev–Trinajstić information content (AvgIpc) is 3.54. The molecule has 0 aliphatic heterocycles. The van der Waals surface area contributed by atoms with E-state index < -0.39 is 0 Å². The number of ether oxygens (including phenoxy) is 1. The zero-order valence-electron chi connectivity index (χ0n) is 20.1. The van der Waals surface area contributed by atoms with Crippen LogP contribution in [0.5, 0.6) is 5.75 Å². The Balaban J connectivity index is 1.32. The summed E-state index contributed by atoms with van der Waals surface area (Å²) in [6.45, 7) is 2.64. The summed E-state index contributed by atoms with van der Waals surface area (Å²) in [7, 11) is 1.68. The van der Waals surface area contributed by atoms with Crippen molar-refractivity contribution in [1.82, 2.24) is 24.9 Å². The molecule has 5 rings (SSSR count). The fourth-order valence-electron chi connectivity index (χ4n) is 4.52. The molecule has 1 aliphatic carbocycles. The summed E-state index contributed by atoms with van der Waals surface area (Å²) in [5, 5.41) is 17.7. The van der Waals surface area contributed by atoms with Gasteiger partial charge in [-0.1, -0.05) is 66.5 Å². The van der Waals surface area contributed by atoms with E-state index in [1.165, 1.54) is 19.3 Å². The van der Waals surface area contributed by atoms with Gasteiger partial charge in [-0.3, -0.25) is 0 Å². The van der Waals surface area contributed by atoms with Crippen molar-refractivity contribution in [3.8, 4) is 17.1 Å². The van der Waals surface area contributed by atoms with Crippen LogP contribution in [0.2, 0.25) is 0 Å². The molecular weight excluding hydrogens is 460 g/mol. The molecule has 9 heteroatoms. The molecule has 1 aliphatic rings. The molecule has 1 fully saturated rings. The van der Waals surface area contributed by atoms with Crippen molar-refractivity contribution < 1.29 is 9.26 Å². The lowest BCUT2D eigenvalue weighted by molar-refractivity contribution is 0.329. The summed E-state index contributed by atoms with van der Waals surface area (Å²) in [4.78, 5) is 4.62. The molecule has 0 unspecified atom stereocenters. The zero-order valence-corrected chi connectivity index (χ0v) is 20.9. The van der Waals surface area contributed by atoms with Crippen LogP contribution in [0.4, 0.5) is 5.69 Å². The van der Waals surface area contributed by atoms with Crippen LogP contribution < -0.4 is 10.1 Å². The van der Waals surface area contributed by atoms with Gasteiger partial charge in [0.2, 0.25) is 11.7 Å². The molecule has 35 heavy (non-hydrogen) atoms. The van der Waals surface area contributed by atoms with Gasteiger partial charge in [0, 0.05) is 23.4 Å². The number of hydrogen-bond acceptors (Lipinski definition) is 8. The third-order valence-corrected chi connectivity index (χ3v) is 7.30. The molecule has 0 atom stereocenters. The predicted octanol–water partition coefficient (Wildman–Crippen LogP) is 6.05. The molecule has 1 N–H and O–H groups in total. The second-order valence-corrected chi connectivity index (χ2v) is 9.70. The van der Waals surface area contributed by atoms with E-state index in [1.807, 2.05) is 55.5 Å². The van der Waals surface area contributed by atoms with Crippen molar-refractivity contribution in [2.75, 3.05) is 12.4 Å². The third-order valence-electron chi connectivity index (χ3n) is 6.37. The summed E-state index contributed by atoms with van der Waals surface area (Å²) in [5.41, 5.74) is 3.10. The lowest BCUT2D eigenvalue weighted by Crippen LogP contribution is -2.18. The Labute approximate surface area is 209 Å². The lowest BCUT2D eigenvalue weighted by Gasteiger charge is -2.25. The van der Waals surface area contributed by atoms with Crippen LogP contribution in [-0.4, -0.2) is 32.0 Å². The maximum Gasteiger partial charge on any atom is 0.237 e. The second-order valence-electron chi connectivity index (χ2n) is 8.76. The standard InChI is InChI=1S/C26H30N6O2S/c1-18-9-6-7-14-22(18)25-28-24(34-31-25)17-35-26-30-29-23(32(26)20-11-4-3-5-12-20)16-27-19-10-8-13-21(15-19)33-2/h6-10,13-15,20,27H,3-5,11-12,16-17H2,1-2H3. The second kappa shape index (κ2) is 10.9. The monoisotopic (exact) mass is 490 g/mol. The highest BCUT2D eigenvalue weighted by Gasteiger charge is 2.23. The van der Waals surface area contributed by atoms with Gasteiger partial charge in [0.05, 0.1) is 19.4 Å². The predicted molar refractivity (Wildman–Crippen MR) is 136 cm³/mol.